The van der Waals surface area contributed by atoms with Gasteiger partial charge in [-0.05, 0) is 26.1 Å². The van der Waals surface area contributed by atoms with Gasteiger partial charge < -0.3 is 5.32 Å². The first-order chi connectivity index (χ1) is 8.70. The van der Waals surface area contributed by atoms with Crippen LogP contribution in [0.15, 0.2) is 29.8 Å². The highest BCUT2D eigenvalue weighted by Gasteiger charge is 2.14. The van der Waals surface area contributed by atoms with Crippen molar-refractivity contribution in [2.45, 2.75) is 19.5 Å². The number of nitrogens with zero attached hydrogens (tertiary/aromatic N) is 3. The van der Waals surface area contributed by atoms with Gasteiger partial charge in [0.15, 0.2) is 5.13 Å². The number of pyridine rings is 1. The van der Waals surface area contributed by atoms with Crippen LogP contribution in [0.25, 0.3) is 0 Å². The molecule has 2 aromatic heterocycles. The molecule has 0 aliphatic heterocycles. The van der Waals surface area contributed by atoms with Crippen LogP contribution in [0.2, 0.25) is 0 Å². The molecule has 0 fully saturated rings. The molecule has 1 atom stereocenters. The van der Waals surface area contributed by atoms with Crippen LogP contribution in [0.5, 0.6) is 0 Å². The van der Waals surface area contributed by atoms with E-state index in [2.05, 4.69) is 45.6 Å². The Kier molecular flexibility index (Phi) is 4.28. The minimum Gasteiger partial charge on any atom is -0.365 e. The maximum Gasteiger partial charge on any atom is 0.182 e. The fourth-order valence-electron chi connectivity index (χ4n) is 1.74. The smallest absolute Gasteiger partial charge is 0.182 e. The number of anilines is 1. The molecule has 96 valence electrons. The molecule has 0 saturated carbocycles. The zero-order valence-electron chi connectivity index (χ0n) is 10.9. The molecule has 0 aromatic carbocycles. The number of hydrogen-bond donors (Lipinski definition) is 1. The zero-order chi connectivity index (χ0) is 13.0. The van der Waals surface area contributed by atoms with Gasteiger partial charge in [-0.25, -0.2) is 4.98 Å². The van der Waals surface area contributed by atoms with Gasteiger partial charge in [0.1, 0.15) is 0 Å². The van der Waals surface area contributed by atoms with Gasteiger partial charge in [0.2, 0.25) is 0 Å². The molecule has 1 unspecified atom stereocenters. The number of rotatable bonds is 5. The van der Waals surface area contributed by atoms with Crippen molar-refractivity contribution in [3.8, 4) is 0 Å². The minimum absolute atomic E-state index is 0.283. The molecule has 0 radical (unpaired) electrons. The lowest BCUT2D eigenvalue weighted by molar-refractivity contribution is 0.246. The van der Waals surface area contributed by atoms with Crippen LogP contribution < -0.4 is 5.32 Å². The van der Waals surface area contributed by atoms with E-state index in [4.69, 9.17) is 0 Å². The van der Waals surface area contributed by atoms with Crippen molar-refractivity contribution in [3.05, 3.63) is 41.2 Å². The monoisotopic (exact) mass is 262 g/mol. The second kappa shape index (κ2) is 5.93. The Bertz CT molecular complexity index is 483. The average Bonchev–Trinajstić information content (AvgIpc) is 2.86. The summed E-state index contributed by atoms with van der Waals surface area (Å²) in [5.74, 6) is 0. The summed E-state index contributed by atoms with van der Waals surface area (Å²) in [6.45, 7) is 2.99. The summed E-state index contributed by atoms with van der Waals surface area (Å²) in [7, 11) is 3.99. The summed E-state index contributed by atoms with van der Waals surface area (Å²) in [6.07, 6.45) is 1.83. The second-order valence-corrected chi connectivity index (χ2v) is 5.10. The number of thiazole rings is 1. The van der Waals surface area contributed by atoms with E-state index in [1.165, 1.54) is 0 Å². The molecule has 0 amide bonds. The summed E-state index contributed by atoms with van der Waals surface area (Å²) in [5, 5.41) is 6.11. The molecular formula is C13H18N4S. The molecule has 2 rings (SSSR count). The van der Waals surface area contributed by atoms with Crippen molar-refractivity contribution in [1.82, 2.24) is 14.9 Å². The quantitative estimate of drug-likeness (QED) is 0.899. The molecule has 4 nitrogen and oxygen atoms in total. The molecule has 0 bridgehead atoms. The highest BCUT2D eigenvalue weighted by atomic mass is 32.1. The van der Waals surface area contributed by atoms with E-state index in [0.29, 0.717) is 0 Å². The van der Waals surface area contributed by atoms with Crippen LogP contribution in [0.1, 0.15) is 24.4 Å². The zero-order valence-corrected chi connectivity index (χ0v) is 11.7. The van der Waals surface area contributed by atoms with E-state index >= 15 is 0 Å². The summed E-state index contributed by atoms with van der Waals surface area (Å²) >= 11 is 1.63. The highest BCUT2D eigenvalue weighted by molar-refractivity contribution is 7.13. The largest absolute Gasteiger partial charge is 0.365 e. The van der Waals surface area contributed by atoms with Gasteiger partial charge >= 0.3 is 0 Å². The Balaban J connectivity index is 2.01. The highest BCUT2D eigenvalue weighted by Crippen LogP contribution is 2.20. The van der Waals surface area contributed by atoms with E-state index in [9.17, 15) is 0 Å². The lowest BCUT2D eigenvalue weighted by Crippen LogP contribution is -2.22. The molecule has 0 aliphatic carbocycles. The van der Waals surface area contributed by atoms with Gasteiger partial charge in [0.05, 0.1) is 11.4 Å². The minimum atomic E-state index is 0.283. The van der Waals surface area contributed by atoms with E-state index in [0.717, 1.165) is 23.1 Å². The fraction of sp³-hybridized carbons (Fsp3) is 0.385. The molecule has 2 heterocycles. The fourth-order valence-corrected chi connectivity index (χ4v) is 2.40. The predicted octanol–water partition coefficient (Wildman–Crippen LogP) is 2.77. The van der Waals surface area contributed by atoms with Crippen LogP contribution in [0, 0.1) is 0 Å². The van der Waals surface area contributed by atoms with E-state index in [1.54, 1.807) is 11.3 Å². The molecule has 2 aromatic rings. The maximum absolute atomic E-state index is 4.49. The van der Waals surface area contributed by atoms with Gasteiger partial charge in [0, 0.05) is 31.2 Å². The topological polar surface area (TPSA) is 41.1 Å². The van der Waals surface area contributed by atoms with E-state index in [1.807, 2.05) is 25.4 Å². The van der Waals surface area contributed by atoms with Gasteiger partial charge in [0.25, 0.3) is 0 Å². The predicted molar refractivity (Wildman–Crippen MR) is 75.8 cm³/mol. The molecular weight excluding hydrogens is 244 g/mol. The third-order valence-electron chi connectivity index (χ3n) is 2.95. The van der Waals surface area contributed by atoms with Crippen molar-refractivity contribution in [2.75, 3.05) is 19.4 Å². The summed E-state index contributed by atoms with van der Waals surface area (Å²) in [4.78, 5) is 11.1. The van der Waals surface area contributed by atoms with Crippen molar-refractivity contribution in [1.29, 1.82) is 0 Å². The molecule has 0 spiro atoms. The van der Waals surface area contributed by atoms with Crippen LogP contribution >= 0.6 is 11.3 Å². The summed E-state index contributed by atoms with van der Waals surface area (Å²) < 4.78 is 0. The first kappa shape index (κ1) is 13.0. The molecule has 1 N–H and O–H groups in total. The number of aromatic nitrogens is 2. The van der Waals surface area contributed by atoms with Gasteiger partial charge in [-0.1, -0.05) is 6.07 Å². The molecule has 0 aliphatic rings. The van der Waals surface area contributed by atoms with Gasteiger partial charge in [-0.2, -0.15) is 0 Å². The normalized spacial score (nSPS) is 12.7. The lowest BCUT2D eigenvalue weighted by atomic mass is 10.2. The van der Waals surface area contributed by atoms with E-state index < -0.39 is 0 Å². The maximum atomic E-state index is 4.49. The van der Waals surface area contributed by atoms with Crippen molar-refractivity contribution >= 4 is 16.5 Å². The van der Waals surface area contributed by atoms with Crippen molar-refractivity contribution in [3.63, 3.8) is 0 Å². The van der Waals surface area contributed by atoms with Gasteiger partial charge in [-0.15, -0.1) is 11.3 Å². The first-order valence-electron chi connectivity index (χ1n) is 5.94. The third kappa shape index (κ3) is 3.05. The first-order valence-corrected chi connectivity index (χ1v) is 6.82. The van der Waals surface area contributed by atoms with Crippen LogP contribution in [0.4, 0.5) is 5.13 Å². The summed E-state index contributed by atoms with van der Waals surface area (Å²) in [5.41, 5.74) is 2.18. The Hall–Kier alpha value is -1.46. The Morgan fingerprint density at radius 1 is 1.44 bits per heavy atom. The van der Waals surface area contributed by atoms with Crippen molar-refractivity contribution < 1.29 is 0 Å². The third-order valence-corrected chi connectivity index (χ3v) is 3.86. The second-order valence-electron chi connectivity index (χ2n) is 4.24. The van der Waals surface area contributed by atoms with Crippen LogP contribution in [-0.4, -0.2) is 29.0 Å². The van der Waals surface area contributed by atoms with Crippen LogP contribution in [0.3, 0.4) is 0 Å². The molecule has 18 heavy (non-hydrogen) atoms. The van der Waals surface area contributed by atoms with Crippen LogP contribution in [-0.2, 0) is 6.54 Å². The number of hydrogen-bond acceptors (Lipinski definition) is 5. The van der Waals surface area contributed by atoms with E-state index in [-0.39, 0.29) is 6.04 Å². The standard InChI is InChI=1S/C13H18N4S/c1-10(12-6-4-5-7-15-12)17(3)8-11-9-18-13(14-2)16-11/h4-7,9-10H,8H2,1-3H3,(H,14,16). The Morgan fingerprint density at radius 3 is 2.89 bits per heavy atom. The van der Waals surface area contributed by atoms with Crippen molar-refractivity contribution in [2.24, 2.45) is 0 Å². The number of nitrogens with one attached hydrogen (secondary N) is 1. The Labute approximate surface area is 112 Å². The van der Waals surface area contributed by atoms with Gasteiger partial charge in [-0.3, -0.25) is 9.88 Å². The Morgan fingerprint density at radius 2 is 2.28 bits per heavy atom. The summed E-state index contributed by atoms with van der Waals surface area (Å²) in [6, 6.07) is 6.30. The molecule has 0 saturated heterocycles. The lowest BCUT2D eigenvalue weighted by Gasteiger charge is -2.23. The average molecular weight is 262 g/mol. The SMILES string of the molecule is CNc1nc(CN(C)C(C)c2ccccn2)cs1. The molecule has 5 heteroatoms.